The Morgan fingerprint density at radius 1 is 0.625 bits per heavy atom. The third kappa shape index (κ3) is 17.3. The van der Waals surface area contributed by atoms with Crippen LogP contribution in [0.5, 0.6) is 0 Å². The Bertz CT molecular complexity index is 539. The van der Waals surface area contributed by atoms with Crippen molar-refractivity contribution < 1.29 is 31.0 Å². The van der Waals surface area contributed by atoms with Crippen LogP contribution in [0.15, 0.2) is 0 Å². The molecule has 0 bridgehead atoms. The third-order valence-electron chi connectivity index (χ3n) is 4.23. The van der Waals surface area contributed by atoms with E-state index in [1.165, 1.54) is 0 Å². The molecule has 0 rings (SSSR count). The van der Waals surface area contributed by atoms with Crippen LogP contribution in [-0.4, -0.2) is 74.3 Å². The van der Waals surface area contributed by atoms with Gasteiger partial charge in [0, 0.05) is 6.61 Å². The van der Waals surface area contributed by atoms with Gasteiger partial charge in [0.15, 0.2) is 16.6 Å². The lowest BCUT2D eigenvalue weighted by Gasteiger charge is -2.42. The molecular weight excluding hydrogens is 493 g/mol. The second kappa shape index (κ2) is 13.2. The summed E-state index contributed by atoms with van der Waals surface area (Å²) in [5.41, 5.74) is 0. The molecule has 12 heteroatoms. The van der Waals surface area contributed by atoms with Crippen molar-refractivity contribution in [2.24, 2.45) is 0 Å². The highest BCUT2D eigenvalue weighted by Crippen LogP contribution is 2.27. The number of hydrogen-bond donors (Lipinski definition) is 0. The van der Waals surface area contributed by atoms with Gasteiger partial charge < -0.3 is 25.9 Å². The quantitative estimate of drug-likeness (QED) is 0.170. The van der Waals surface area contributed by atoms with Crippen LogP contribution in [0.25, 0.3) is 0 Å². The minimum atomic E-state index is -2.39. The Morgan fingerprint density at radius 2 is 1.09 bits per heavy atom. The van der Waals surface area contributed by atoms with Crippen molar-refractivity contribution in [3.8, 4) is 0 Å². The zero-order chi connectivity index (χ0) is 25.4. The monoisotopic (exact) mass is 543 g/mol. The smallest absolute Gasteiger partial charge is 0.314 e. The minimum Gasteiger partial charge on any atom is -0.437 e. The molecule has 1 radical (unpaired) electrons. The van der Waals surface area contributed by atoms with E-state index in [2.05, 4.69) is 72.0 Å². The Labute approximate surface area is 203 Å². The molecule has 0 heterocycles. The van der Waals surface area contributed by atoms with Crippen LogP contribution < -0.4 is 0 Å². The molecule has 0 aliphatic rings. The second-order valence-electron chi connectivity index (χ2n) is 11.6. The summed E-state index contributed by atoms with van der Waals surface area (Å²) in [6, 6.07) is 0.999. The van der Waals surface area contributed by atoms with Crippen molar-refractivity contribution in [3.05, 3.63) is 0 Å². The second-order valence-corrected chi connectivity index (χ2v) is 31.5. The van der Waals surface area contributed by atoms with E-state index in [4.69, 9.17) is 25.9 Å². The van der Waals surface area contributed by atoms with E-state index in [9.17, 15) is 5.11 Å². The van der Waals surface area contributed by atoms with Crippen LogP contribution in [-0.2, 0) is 31.0 Å². The Balaban J connectivity index is 4.60. The molecule has 193 valence electrons. The van der Waals surface area contributed by atoms with Gasteiger partial charge in [0.25, 0.3) is 0 Å². The van der Waals surface area contributed by atoms with Gasteiger partial charge in [-0.1, -0.05) is 0 Å². The average molecular weight is 544 g/mol. The summed E-state index contributed by atoms with van der Waals surface area (Å²) < 4.78 is 37.4. The number of rotatable bonds is 17. The molecule has 0 saturated heterocycles. The van der Waals surface area contributed by atoms with E-state index >= 15 is 0 Å². The zero-order valence-corrected chi connectivity index (χ0v) is 28.0. The summed E-state index contributed by atoms with van der Waals surface area (Å²) in [6.07, 6.45) is 0.658. The van der Waals surface area contributed by atoms with Crippen LogP contribution in [0.3, 0.4) is 0 Å². The largest absolute Gasteiger partial charge is 0.437 e. The molecule has 0 aromatic rings. The molecule has 0 aromatic carbocycles. The van der Waals surface area contributed by atoms with E-state index in [0.29, 0.717) is 13.2 Å². The van der Waals surface area contributed by atoms with E-state index < -0.39 is 42.3 Å². The van der Waals surface area contributed by atoms with Gasteiger partial charge >= 0.3 is 25.7 Å². The molecule has 0 N–H and O–H groups in total. The molecule has 0 saturated carbocycles. The first-order chi connectivity index (χ1) is 14.2. The highest BCUT2D eigenvalue weighted by molar-refractivity contribution is 6.90. The molecule has 0 aromatic heterocycles. The maximum Gasteiger partial charge on any atom is 0.314 e. The molecular formula is C20H51O7Si5. The van der Waals surface area contributed by atoms with Crippen LogP contribution >= 0.6 is 0 Å². The van der Waals surface area contributed by atoms with E-state index in [-0.39, 0.29) is 18.8 Å². The Hall–Kier alpha value is 0.804. The van der Waals surface area contributed by atoms with Crippen LogP contribution in [0.2, 0.25) is 78.1 Å². The van der Waals surface area contributed by atoms with E-state index in [1.54, 1.807) is 6.92 Å². The van der Waals surface area contributed by atoms with E-state index in [0.717, 1.165) is 12.5 Å². The lowest BCUT2D eigenvalue weighted by molar-refractivity contribution is -0.0542. The lowest BCUT2D eigenvalue weighted by atomic mass is 10.4. The average Bonchev–Trinajstić information content (AvgIpc) is 2.50. The SMILES string of the molecule is CC(C[O])OCC(C)OCCC[Si](C)(C)O[Si](C)(C)O[Si](C)(C)O[Si](C)(C)O[Si](C)(C)C. The summed E-state index contributed by atoms with van der Waals surface area (Å²) in [6.45, 7) is 28.4. The van der Waals surface area contributed by atoms with Crippen molar-refractivity contribution in [2.75, 3.05) is 19.8 Å². The Kier molecular flexibility index (Phi) is 13.5. The van der Waals surface area contributed by atoms with Crippen molar-refractivity contribution >= 4 is 42.3 Å². The first-order valence-corrected chi connectivity index (χ1v) is 26.8. The van der Waals surface area contributed by atoms with Gasteiger partial charge in [-0.15, -0.1) is 0 Å². The van der Waals surface area contributed by atoms with Crippen molar-refractivity contribution in [1.82, 2.24) is 0 Å². The lowest BCUT2D eigenvalue weighted by Crippen LogP contribution is -2.58. The topological polar surface area (TPSA) is 75.3 Å². The molecule has 32 heavy (non-hydrogen) atoms. The van der Waals surface area contributed by atoms with Crippen molar-refractivity contribution in [3.63, 3.8) is 0 Å². The highest BCUT2D eigenvalue weighted by atomic mass is 28.5. The molecule has 0 aliphatic carbocycles. The summed E-state index contributed by atoms with van der Waals surface area (Å²) >= 11 is 0. The summed E-state index contributed by atoms with van der Waals surface area (Å²) in [5, 5.41) is 10.7. The maximum atomic E-state index is 10.7. The fraction of sp³-hybridized carbons (Fsp3) is 1.00. The molecule has 2 atom stereocenters. The van der Waals surface area contributed by atoms with Crippen LogP contribution in [0.1, 0.15) is 20.3 Å². The summed E-state index contributed by atoms with van der Waals surface area (Å²) in [7, 11) is -10.6. The van der Waals surface area contributed by atoms with Gasteiger partial charge in [-0.3, -0.25) is 0 Å². The number of ether oxygens (including phenoxy) is 2. The van der Waals surface area contributed by atoms with E-state index in [1.807, 2.05) is 6.92 Å². The van der Waals surface area contributed by atoms with Gasteiger partial charge in [-0.25, -0.2) is 5.11 Å². The first kappa shape index (κ1) is 32.8. The van der Waals surface area contributed by atoms with Gasteiger partial charge in [0.2, 0.25) is 0 Å². The van der Waals surface area contributed by atoms with Crippen molar-refractivity contribution in [1.29, 1.82) is 0 Å². The van der Waals surface area contributed by atoms with Crippen molar-refractivity contribution in [2.45, 2.75) is 111 Å². The Morgan fingerprint density at radius 3 is 1.56 bits per heavy atom. The molecule has 0 fully saturated rings. The maximum absolute atomic E-state index is 10.7. The highest BCUT2D eigenvalue weighted by Gasteiger charge is 2.45. The summed E-state index contributed by atoms with van der Waals surface area (Å²) in [4.78, 5) is 0. The first-order valence-electron chi connectivity index (χ1n) is 11.8. The standard InChI is InChI=1S/C20H51O7Si5/c1-19(17-21)23-18-20(2)22-15-14-16-29(6,7)25-31(10,11)27-32(12,13)26-30(8,9)24-28(3,4)5/h19-20H,14-18H2,1-13H3. The van der Waals surface area contributed by atoms with Gasteiger partial charge in [-0.05, 0) is 98.3 Å². The molecule has 0 aliphatic heterocycles. The fourth-order valence-electron chi connectivity index (χ4n) is 3.88. The zero-order valence-electron chi connectivity index (χ0n) is 23.0. The predicted molar refractivity (Wildman–Crippen MR) is 143 cm³/mol. The van der Waals surface area contributed by atoms with Gasteiger partial charge in [-0.2, -0.15) is 0 Å². The summed E-state index contributed by atoms with van der Waals surface area (Å²) in [5.74, 6) is 0. The minimum absolute atomic E-state index is 0.0151. The van der Waals surface area contributed by atoms with Crippen LogP contribution in [0.4, 0.5) is 0 Å². The molecule has 2 unspecified atom stereocenters. The predicted octanol–water partition coefficient (Wildman–Crippen LogP) is 5.83. The van der Waals surface area contributed by atoms with Crippen LogP contribution in [0, 0.1) is 0 Å². The number of hydrogen-bond acceptors (Lipinski definition) is 6. The normalized spacial score (nSPS) is 16.3. The van der Waals surface area contributed by atoms with Gasteiger partial charge in [0.05, 0.1) is 18.8 Å². The molecule has 7 nitrogen and oxygen atoms in total. The molecule has 0 spiro atoms. The van der Waals surface area contributed by atoms with Gasteiger partial charge in [0.1, 0.15) is 6.61 Å². The molecule has 0 amide bonds. The third-order valence-corrected chi connectivity index (χ3v) is 22.2. The fourth-order valence-corrected chi connectivity index (χ4v) is 27.6.